The highest BCUT2D eigenvalue weighted by Gasteiger charge is 2.52. The van der Waals surface area contributed by atoms with E-state index in [0.717, 1.165) is 53.9 Å². The monoisotopic (exact) mass is 485 g/mol. The number of terminal acetylenes is 1. The van der Waals surface area contributed by atoms with Crippen LogP contribution in [0.3, 0.4) is 0 Å². The number of benzene rings is 2. The second kappa shape index (κ2) is 9.25. The van der Waals surface area contributed by atoms with Crippen LogP contribution in [-0.2, 0) is 11.2 Å². The van der Waals surface area contributed by atoms with E-state index in [9.17, 15) is 4.79 Å². The third kappa shape index (κ3) is 4.11. The average Bonchev–Trinajstić information content (AvgIpc) is 2.86. The molecule has 4 saturated carbocycles. The van der Waals surface area contributed by atoms with Crippen LogP contribution in [0.15, 0.2) is 42.5 Å². The van der Waals surface area contributed by atoms with Crippen molar-refractivity contribution >= 4 is 5.91 Å². The van der Waals surface area contributed by atoms with Gasteiger partial charge in [-0.3, -0.25) is 4.79 Å². The molecule has 1 unspecified atom stereocenters. The highest BCUT2D eigenvalue weighted by molar-refractivity contribution is 5.94. The summed E-state index contributed by atoms with van der Waals surface area (Å²) in [7, 11) is 0. The summed E-state index contributed by atoms with van der Waals surface area (Å²) >= 11 is 0. The van der Waals surface area contributed by atoms with Crippen molar-refractivity contribution < 1.29 is 13.9 Å². The molecule has 2 aromatic rings. The zero-order valence-electron chi connectivity index (χ0n) is 21.2. The number of unbranched alkanes of at least 4 members (excludes halogenated alkanes) is 1. The quantitative estimate of drug-likeness (QED) is 0.419. The largest absolute Gasteiger partial charge is 0.487 e. The van der Waals surface area contributed by atoms with E-state index >= 15 is 4.39 Å². The van der Waals surface area contributed by atoms with Crippen LogP contribution in [-0.4, -0.2) is 22.4 Å². The van der Waals surface area contributed by atoms with Crippen molar-refractivity contribution in [3.63, 3.8) is 0 Å². The Morgan fingerprint density at radius 2 is 1.75 bits per heavy atom. The number of amides is 1. The van der Waals surface area contributed by atoms with Gasteiger partial charge in [0.25, 0.3) is 5.91 Å². The van der Waals surface area contributed by atoms with Crippen molar-refractivity contribution in [1.82, 2.24) is 4.90 Å². The Balaban J connectivity index is 1.33. The predicted octanol–water partition coefficient (Wildman–Crippen LogP) is 6.84. The number of halogens is 1. The molecule has 2 aromatic carbocycles. The average molecular weight is 486 g/mol. The number of carbonyl (C=O) groups excluding carboxylic acids is 1. The maximum Gasteiger partial charge on any atom is 0.299 e. The fraction of sp³-hybridized carbons (Fsp3) is 0.531. The lowest BCUT2D eigenvalue weighted by Crippen LogP contribution is -2.53. The summed E-state index contributed by atoms with van der Waals surface area (Å²) in [6, 6.07) is 12.7. The minimum atomic E-state index is -0.533. The van der Waals surface area contributed by atoms with Crippen LogP contribution in [0.5, 0.6) is 5.75 Å². The molecule has 0 aromatic heterocycles. The van der Waals surface area contributed by atoms with E-state index in [1.165, 1.54) is 44.6 Å². The molecule has 4 fully saturated rings. The van der Waals surface area contributed by atoms with E-state index < -0.39 is 6.04 Å². The number of carbonyl (C=O) groups is 1. The number of ether oxygens (including phenoxy) is 1. The summed E-state index contributed by atoms with van der Waals surface area (Å²) in [6.07, 6.45) is 16.8. The van der Waals surface area contributed by atoms with Crippen molar-refractivity contribution in [2.45, 2.75) is 88.8 Å². The van der Waals surface area contributed by atoms with Crippen LogP contribution in [0.25, 0.3) is 0 Å². The van der Waals surface area contributed by atoms with Gasteiger partial charge in [-0.2, -0.15) is 0 Å². The Morgan fingerprint density at radius 1 is 1.08 bits per heavy atom. The van der Waals surface area contributed by atoms with Gasteiger partial charge in [-0.05, 0) is 104 Å². The van der Waals surface area contributed by atoms with Gasteiger partial charge >= 0.3 is 0 Å². The molecule has 1 aliphatic heterocycles. The van der Waals surface area contributed by atoms with Crippen molar-refractivity contribution in [3.8, 4) is 18.1 Å². The first-order valence-corrected chi connectivity index (χ1v) is 13.8. The lowest BCUT2D eigenvalue weighted by atomic mass is 9.54. The van der Waals surface area contributed by atoms with Crippen LogP contribution in [0.4, 0.5) is 4.39 Å². The first kappa shape index (κ1) is 23.6. The Bertz CT molecular complexity index is 1140. The lowest BCUT2D eigenvalue weighted by Gasteiger charge is -2.56. The number of rotatable bonds is 6. The van der Waals surface area contributed by atoms with Gasteiger partial charge in [0.15, 0.2) is 0 Å². The summed E-state index contributed by atoms with van der Waals surface area (Å²) < 4.78 is 22.0. The SMILES string of the molecule is C#CC(=O)N1C(c2ccc(OC34CC5CC(CC(C5)C3)C4)cc2)c2c(F)cccc2C[C@@H]1CCCC. The topological polar surface area (TPSA) is 29.5 Å². The summed E-state index contributed by atoms with van der Waals surface area (Å²) in [5, 5.41) is 0. The van der Waals surface area contributed by atoms with Gasteiger partial charge in [-0.15, -0.1) is 6.42 Å². The first-order valence-electron chi connectivity index (χ1n) is 13.8. The molecule has 4 bridgehead atoms. The van der Waals surface area contributed by atoms with E-state index in [4.69, 9.17) is 11.2 Å². The van der Waals surface area contributed by atoms with Gasteiger partial charge in [0, 0.05) is 11.6 Å². The molecule has 0 spiro atoms. The van der Waals surface area contributed by atoms with Crippen LogP contribution in [0, 0.1) is 35.9 Å². The van der Waals surface area contributed by atoms with Crippen LogP contribution in [0.2, 0.25) is 0 Å². The van der Waals surface area contributed by atoms with Crippen molar-refractivity contribution in [3.05, 3.63) is 65.0 Å². The number of fused-ring (bicyclic) bond motifs is 1. The second-order valence-electron chi connectivity index (χ2n) is 11.8. The fourth-order valence-electron chi connectivity index (χ4n) is 8.26. The Morgan fingerprint density at radius 3 is 2.36 bits per heavy atom. The van der Waals surface area contributed by atoms with E-state index in [0.29, 0.717) is 12.0 Å². The van der Waals surface area contributed by atoms with E-state index in [-0.39, 0.29) is 23.4 Å². The van der Waals surface area contributed by atoms with Crippen LogP contribution in [0.1, 0.15) is 87.4 Å². The fourth-order valence-corrected chi connectivity index (χ4v) is 8.26. The van der Waals surface area contributed by atoms with Crippen molar-refractivity contribution in [2.24, 2.45) is 17.8 Å². The minimum Gasteiger partial charge on any atom is -0.487 e. The molecule has 188 valence electrons. The van der Waals surface area contributed by atoms with Gasteiger partial charge in [-0.25, -0.2) is 4.39 Å². The summed E-state index contributed by atoms with van der Waals surface area (Å²) in [5.41, 5.74) is 2.40. The number of hydrogen-bond acceptors (Lipinski definition) is 2. The van der Waals surface area contributed by atoms with E-state index in [2.05, 4.69) is 12.8 Å². The summed E-state index contributed by atoms with van der Waals surface area (Å²) in [4.78, 5) is 14.8. The van der Waals surface area contributed by atoms with Crippen molar-refractivity contribution in [2.75, 3.05) is 0 Å². The summed E-state index contributed by atoms with van der Waals surface area (Å²) in [6.45, 7) is 2.14. The molecule has 0 N–H and O–H groups in total. The zero-order chi connectivity index (χ0) is 24.9. The van der Waals surface area contributed by atoms with E-state index in [1.54, 1.807) is 11.0 Å². The number of nitrogens with zero attached hydrogens (tertiary/aromatic N) is 1. The highest BCUT2D eigenvalue weighted by Crippen LogP contribution is 2.57. The third-order valence-electron chi connectivity index (χ3n) is 9.30. The standard InChI is InChI=1S/C32H36FNO2/c1-3-5-8-26-17-25-7-6-9-28(33)30(25)31(34(26)29(35)4-2)24-10-12-27(13-11-24)36-32-18-21-14-22(19-32)16-23(15-21)20-32/h2,6-7,9-13,21-23,26,31H,3,5,8,14-20H2,1H3/t21?,22?,23?,26-,31?,32?/m0/s1. The smallest absolute Gasteiger partial charge is 0.299 e. The molecule has 7 rings (SSSR count). The molecule has 0 saturated heterocycles. The Kier molecular flexibility index (Phi) is 6.06. The minimum absolute atomic E-state index is 0.0173. The summed E-state index contributed by atoms with van der Waals surface area (Å²) in [5.74, 6) is 5.01. The molecule has 3 nitrogen and oxygen atoms in total. The lowest BCUT2D eigenvalue weighted by molar-refractivity contribution is -0.130. The highest BCUT2D eigenvalue weighted by atomic mass is 19.1. The maximum atomic E-state index is 15.3. The Labute approximate surface area is 214 Å². The van der Waals surface area contributed by atoms with Gasteiger partial charge in [-0.1, -0.05) is 44.0 Å². The van der Waals surface area contributed by atoms with Gasteiger partial charge in [0.05, 0.1) is 6.04 Å². The number of hydrogen-bond donors (Lipinski definition) is 0. The Hall–Kier alpha value is -2.80. The van der Waals surface area contributed by atoms with Crippen LogP contribution < -0.4 is 4.74 Å². The van der Waals surface area contributed by atoms with E-state index in [1.807, 2.05) is 30.3 Å². The molecular formula is C32H36FNO2. The molecule has 4 heteroatoms. The second-order valence-corrected chi connectivity index (χ2v) is 11.8. The predicted molar refractivity (Wildman–Crippen MR) is 139 cm³/mol. The molecule has 4 aliphatic carbocycles. The molecule has 2 atom stereocenters. The molecule has 1 heterocycles. The third-order valence-corrected chi connectivity index (χ3v) is 9.30. The molecule has 5 aliphatic rings. The van der Waals surface area contributed by atoms with Gasteiger partial charge in [0.2, 0.25) is 0 Å². The molecule has 36 heavy (non-hydrogen) atoms. The molecular weight excluding hydrogens is 449 g/mol. The van der Waals surface area contributed by atoms with Gasteiger partial charge in [0.1, 0.15) is 17.2 Å². The zero-order valence-corrected chi connectivity index (χ0v) is 21.2. The maximum absolute atomic E-state index is 15.3. The van der Waals surface area contributed by atoms with Crippen LogP contribution >= 0.6 is 0 Å². The van der Waals surface area contributed by atoms with Crippen molar-refractivity contribution in [1.29, 1.82) is 0 Å². The normalized spacial score (nSPS) is 32.1. The molecule has 1 amide bonds. The first-order chi connectivity index (χ1) is 17.5. The molecule has 0 radical (unpaired) electrons. The van der Waals surface area contributed by atoms with Gasteiger partial charge < -0.3 is 9.64 Å².